The summed E-state index contributed by atoms with van der Waals surface area (Å²) in [6, 6.07) is 9.16. The van der Waals surface area contributed by atoms with Gasteiger partial charge in [-0.05, 0) is 45.5 Å². The molecule has 0 fully saturated rings. The van der Waals surface area contributed by atoms with Gasteiger partial charge in [0.1, 0.15) is 5.01 Å². The zero-order chi connectivity index (χ0) is 19.1. The number of aliphatic imine (C=N–C) groups is 1. The Morgan fingerprint density at radius 3 is 2.38 bits per heavy atom. The predicted octanol–water partition coefficient (Wildman–Crippen LogP) is 3.29. The summed E-state index contributed by atoms with van der Waals surface area (Å²) in [6.45, 7) is 7.81. The number of aromatic nitrogens is 1. The van der Waals surface area contributed by atoms with Crippen molar-refractivity contribution in [1.29, 1.82) is 0 Å². The predicted molar refractivity (Wildman–Crippen MR) is 112 cm³/mol. The van der Waals surface area contributed by atoms with E-state index in [1.165, 1.54) is 16.0 Å². The van der Waals surface area contributed by atoms with E-state index < -0.39 is 0 Å². The molecule has 0 radical (unpaired) electrons. The second-order valence-electron chi connectivity index (χ2n) is 6.63. The first kappa shape index (κ1) is 20.4. The van der Waals surface area contributed by atoms with Crippen molar-refractivity contribution in [3.8, 4) is 0 Å². The molecule has 0 aliphatic heterocycles. The first-order valence-electron chi connectivity index (χ1n) is 9.07. The van der Waals surface area contributed by atoms with Crippen LogP contribution in [-0.2, 0) is 13.0 Å². The standard InChI is InChI=1S/C20H31N5S/c1-7-16-8-10-17(11-9-16)18(25(5)6)12-22-20(21-4)23-13-19-24-14(2)15(3)26-19/h8-11,18H,7,12-13H2,1-6H3,(H2,21,22,23). The summed E-state index contributed by atoms with van der Waals surface area (Å²) in [4.78, 5) is 12.4. The molecule has 142 valence electrons. The van der Waals surface area contributed by atoms with Crippen molar-refractivity contribution in [2.45, 2.75) is 39.8 Å². The lowest BCUT2D eigenvalue weighted by atomic mass is 10.0. The van der Waals surface area contributed by atoms with Crippen LogP contribution in [0.3, 0.4) is 0 Å². The highest BCUT2D eigenvalue weighted by Crippen LogP contribution is 2.18. The van der Waals surface area contributed by atoms with Gasteiger partial charge >= 0.3 is 0 Å². The number of guanidine groups is 1. The number of aryl methyl sites for hydroxylation is 3. The number of likely N-dealkylation sites (N-methyl/N-ethyl adjacent to an activating group) is 1. The van der Waals surface area contributed by atoms with Crippen LogP contribution in [0.2, 0.25) is 0 Å². The molecule has 0 spiro atoms. The molecule has 0 aliphatic rings. The molecule has 0 saturated carbocycles. The number of hydrogen-bond donors (Lipinski definition) is 2. The minimum absolute atomic E-state index is 0.281. The molecule has 0 bridgehead atoms. The van der Waals surface area contributed by atoms with Crippen LogP contribution in [0.1, 0.15) is 39.7 Å². The van der Waals surface area contributed by atoms with Crippen LogP contribution >= 0.6 is 11.3 Å². The number of nitrogens with one attached hydrogen (secondary N) is 2. The monoisotopic (exact) mass is 373 g/mol. The molecule has 5 nitrogen and oxygen atoms in total. The van der Waals surface area contributed by atoms with Crippen LogP contribution in [0.5, 0.6) is 0 Å². The van der Waals surface area contributed by atoms with Gasteiger partial charge in [-0.25, -0.2) is 4.98 Å². The van der Waals surface area contributed by atoms with Crippen molar-refractivity contribution < 1.29 is 0 Å². The normalized spacial score (nSPS) is 13.1. The Hall–Kier alpha value is -1.92. The fourth-order valence-corrected chi connectivity index (χ4v) is 3.64. The summed E-state index contributed by atoms with van der Waals surface area (Å²) in [7, 11) is 6.02. The van der Waals surface area contributed by atoms with Crippen molar-refractivity contribution in [2.75, 3.05) is 27.7 Å². The van der Waals surface area contributed by atoms with Crippen LogP contribution in [0.4, 0.5) is 0 Å². The van der Waals surface area contributed by atoms with Gasteiger partial charge in [-0.3, -0.25) is 4.99 Å². The Morgan fingerprint density at radius 2 is 1.88 bits per heavy atom. The molecule has 1 heterocycles. The lowest BCUT2D eigenvalue weighted by molar-refractivity contribution is 0.298. The highest BCUT2D eigenvalue weighted by Gasteiger charge is 2.15. The smallest absolute Gasteiger partial charge is 0.191 e. The minimum atomic E-state index is 0.281. The quantitative estimate of drug-likeness (QED) is 0.578. The Bertz CT molecular complexity index is 699. The van der Waals surface area contributed by atoms with Gasteiger partial charge in [0, 0.05) is 18.5 Å². The topological polar surface area (TPSA) is 52.6 Å². The SMILES string of the molecule is CCc1ccc(C(CNC(=NC)NCc2nc(C)c(C)s2)N(C)C)cc1. The molecule has 1 unspecified atom stereocenters. The highest BCUT2D eigenvalue weighted by molar-refractivity contribution is 7.11. The van der Waals surface area contributed by atoms with E-state index >= 15 is 0 Å². The number of benzene rings is 1. The Morgan fingerprint density at radius 1 is 1.19 bits per heavy atom. The van der Waals surface area contributed by atoms with Gasteiger partial charge in [0.15, 0.2) is 5.96 Å². The number of rotatable bonds is 7. The third-order valence-corrected chi connectivity index (χ3v) is 5.64. The number of thiazole rings is 1. The van der Waals surface area contributed by atoms with Crippen LogP contribution in [-0.4, -0.2) is 43.5 Å². The van der Waals surface area contributed by atoms with E-state index in [9.17, 15) is 0 Å². The zero-order valence-electron chi connectivity index (χ0n) is 16.8. The summed E-state index contributed by atoms with van der Waals surface area (Å²) in [5.74, 6) is 0.799. The van der Waals surface area contributed by atoms with Crippen molar-refractivity contribution in [3.63, 3.8) is 0 Å². The molecule has 2 aromatic rings. The molecule has 0 saturated heterocycles. The molecule has 1 atom stereocenters. The Balaban J connectivity index is 1.95. The van der Waals surface area contributed by atoms with Crippen molar-refractivity contribution in [2.24, 2.45) is 4.99 Å². The lowest BCUT2D eigenvalue weighted by Gasteiger charge is -2.26. The van der Waals surface area contributed by atoms with E-state index in [1.54, 1.807) is 18.4 Å². The Labute approximate surface area is 161 Å². The number of nitrogens with zero attached hydrogens (tertiary/aromatic N) is 3. The van der Waals surface area contributed by atoms with Crippen LogP contribution in [0.25, 0.3) is 0 Å². The van der Waals surface area contributed by atoms with Crippen LogP contribution in [0, 0.1) is 13.8 Å². The summed E-state index contributed by atoms with van der Waals surface area (Å²) >= 11 is 1.73. The van der Waals surface area contributed by atoms with Crippen molar-refractivity contribution in [3.05, 3.63) is 51.0 Å². The molecule has 2 rings (SSSR count). The van der Waals surface area contributed by atoms with Gasteiger partial charge < -0.3 is 15.5 Å². The van der Waals surface area contributed by atoms with E-state index in [-0.39, 0.29) is 6.04 Å². The maximum atomic E-state index is 4.57. The van der Waals surface area contributed by atoms with E-state index in [0.29, 0.717) is 6.54 Å². The van der Waals surface area contributed by atoms with Gasteiger partial charge in [0.25, 0.3) is 0 Å². The maximum absolute atomic E-state index is 4.57. The molecule has 1 aromatic heterocycles. The van der Waals surface area contributed by atoms with E-state index in [4.69, 9.17) is 0 Å². The third-order valence-electron chi connectivity index (χ3n) is 4.56. The lowest BCUT2D eigenvalue weighted by Crippen LogP contribution is -2.41. The van der Waals surface area contributed by atoms with Gasteiger partial charge in [-0.1, -0.05) is 31.2 Å². The Kier molecular flexibility index (Phi) is 7.60. The van der Waals surface area contributed by atoms with Gasteiger partial charge in [-0.2, -0.15) is 0 Å². The van der Waals surface area contributed by atoms with E-state index in [2.05, 4.69) is 77.7 Å². The average Bonchev–Trinajstić information content (AvgIpc) is 2.96. The fraction of sp³-hybridized carbons (Fsp3) is 0.500. The largest absolute Gasteiger partial charge is 0.354 e. The first-order valence-corrected chi connectivity index (χ1v) is 9.89. The molecule has 6 heteroatoms. The maximum Gasteiger partial charge on any atom is 0.191 e. The summed E-state index contributed by atoms with van der Waals surface area (Å²) < 4.78 is 0. The molecular formula is C20H31N5S. The number of hydrogen-bond acceptors (Lipinski definition) is 4. The molecule has 2 N–H and O–H groups in total. The molecule has 0 amide bonds. The summed E-state index contributed by atoms with van der Waals surface area (Å²) in [5, 5.41) is 7.89. The van der Waals surface area contributed by atoms with Gasteiger partial charge in [0.2, 0.25) is 0 Å². The fourth-order valence-electron chi connectivity index (χ4n) is 2.76. The third kappa shape index (κ3) is 5.54. The van der Waals surface area contributed by atoms with E-state index in [0.717, 1.165) is 29.6 Å². The van der Waals surface area contributed by atoms with E-state index in [1.807, 2.05) is 6.92 Å². The van der Waals surface area contributed by atoms with Gasteiger partial charge in [-0.15, -0.1) is 11.3 Å². The minimum Gasteiger partial charge on any atom is -0.354 e. The molecule has 0 aliphatic carbocycles. The second kappa shape index (κ2) is 9.69. The molecule has 26 heavy (non-hydrogen) atoms. The van der Waals surface area contributed by atoms with Crippen LogP contribution < -0.4 is 10.6 Å². The first-order chi connectivity index (χ1) is 12.4. The molecular weight excluding hydrogens is 342 g/mol. The van der Waals surface area contributed by atoms with Crippen LogP contribution in [0.15, 0.2) is 29.3 Å². The highest BCUT2D eigenvalue weighted by atomic mass is 32.1. The zero-order valence-corrected chi connectivity index (χ0v) is 17.6. The van der Waals surface area contributed by atoms with Crippen molar-refractivity contribution >= 4 is 17.3 Å². The summed E-state index contributed by atoms with van der Waals surface area (Å²) in [5.41, 5.74) is 3.78. The summed E-state index contributed by atoms with van der Waals surface area (Å²) in [6.07, 6.45) is 1.07. The second-order valence-corrected chi connectivity index (χ2v) is 7.92. The van der Waals surface area contributed by atoms with Gasteiger partial charge in [0.05, 0.1) is 18.3 Å². The average molecular weight is 374 g/mol. The van der Waals surface area contributed by atoms with Crippen molar-refractivity contribution in [1.82, 2.24) is 20.5 Å². The molecule has 1 aromatic carbocycles.